The molecule has 0 unspecified atom stereocenters. The van der Waals surface area contributed by atoms with E-state index in [4.69, 9.17) is 0 Å². The molecule has 0 saturated heterocycles. The fourth-order valence-electron chi connectivity index (χ4n) is 1.61. The molecule has 0 heterocycles. The van der Waals surface area contributed by atoms with Crippen LogP contribution in [0.25, 0.3) is 0 Å². The Hall–Kier alpha value is -1.81. The Morgan fingerprint density at radius 1 is 1.11 bits per heavy atom. The lowest BCUT2D eigenvalue weighted by Crippen LogP contribution is -2.26. The summed E-state index contributed by atoms with van der Waals surface area (Å²) in [7, 11) is 1.61. The third-order valence-electron chi connectivity index (χ3n) is 2.65. The fraction of sp³-hybridized carbons (Fsp3) is 0.0714. The molecule has 0 aromatic heterocycles. The zero-order valence-corrected chi connectivity index (χ0v) is 10.7. The number of amides is 1. The molecule has 0 aliphatic heterocycles. The first kappa shape index (κ1) is 12.6. The Kier molecular flexibility index (Phi) is 3.67. The van der Waals surface area contributed by atoms with Crippen LogP contribution in [0.1, 0.15) is 10.4 Å². The van der Waals surface area contributed by atoms with Gasteiger partial charge in [0.15, 0.2) is 0 Å². The van der Waals surface area contributed by atoms with Gasteiger partial charge in [0.1, 0.15) is 5.82 Å². The first-order valence-electron chi connectivity index (χ1n) is 5.41. The quantitative estimate of drug-likeness (QED) is 0.822. The summed E-state index contributed by atoms with van der Waals surface area (Å²) >= 11 is 4.17. The van der Waals surface area contributed by atoms with Crippen molar-refractivity contribution < 1.29 is 9.18 Å². The second-order valence-electron chi connectivity index (χ2n) is 3.86. The molecule has 0 saturated carbocycles. The SMILES string of the molecule is CN(C(=O)c1ccccc1F)c1ccc(S)cc1. The summed E-state index contributed by atoms with van der Waals surface area (Å²) in [6, 6.07) is 13.0. The normalized spacial score (nSPS) is 10.2. The number of nitrogens with zero attached hydrogens (tertiary/aromatic N) is 1. The molecule has 0 aliphatic rings. The zero-order valence-electron chi connectivity index (χ0n) is 9.80. The van der Waals surface area contributed by atoms with Crippen molar-refractivity contribution >= 4 is 24.2 Å². The lowest BCUT2D eigenvalue weighted by molar-refractivity contribution is 0.0989. The Labute approximate surface area is 110 Å². The smallest absolute Gasteiger partial charge is 0.260 e. The van der Waals surface area contributed by atoms with Gasteiger partial charge in [0.25, 0.3) is 5.91 Å². The van der Waals surface area contributed by atoms with Crippen LogP contribution in [-0.4, -0.2) is 13.0 Å². The van der Waals surface area contributed by atoms with Crippen molar-refractivity contribution in [3.05, 3.63) is 59.9 Å². The molecule has 0 N–H and O–H groups in total. The van der Waals surface area contributed by atoms with Gasteiger partial charge in [-0.05, 0) is 36.4 Å². The van der Waals surface area contributed by atoms with Gasteiger partial charge in [0.2, 0.25) is 0 Å². The summed E-state index contributed by atoms with van der Waals surface area (Å²) in [4.78, 5) is 14.3. The minimum Gasteiger partial charge on any atom is -0.311 e. The van der Waals surface area contributed by atoms with E-state index in [9.17, 15) is 9.18 Å². The molecule has 2 rings (SSSR count). The third kappa shape index (κ3) is 2.54. The molecule has 18 heavy (non-hydrogen) atoms. The zero-order chi connectivity index (χ0) is 13.1. The van der Waals surface area contributed by atoms with E-state index in [-0.39, 0.29) is 11.5 Å². The van der Waals surface area contributed by atoms with E-state index in [1.54, 1.807) is 43.4 Å². The van der Waals surface area contributed by atoms with Crippen LogP contribution in [-0.2, 0) is 0 Å². The van der Waals surface area contributed by atoms with Crippen LogP contribution in [0.2, 0.25) is 0 Å². The molecule has 4 heteroatoms. The molecule has 0 bridgehead atoms. The Balaban J connectivity index is 2.29. The molecule has 0 fully saturated rings. The largest absolute Gasteiger partial charge is 0.311 e. The Morgan fingerprint density at radius 2 is 1.72 bits per heavy atom. The lowest BCUT2D eigenvalue weighted by Gasteiger charge is -2.17. The molecule has 0 radical (unpaired) electrons. The minimum atomic E-state index is -0.514. The average molecular weight is 261 g/mol. The van der Waals surface area contributed by atoms with Crippen molar-refractivity contribution in [2.75, 3.05) is 11.9 Å². The number of thiol groups is 1. The number of rotatable bonds is 2. The summed E-state index contributed by atoms with van der Waals surface area (Å²) in [5.41, 5.74) is 0.760. The maximum atomic E-state index is 13.5. The molecule has 2 aromatic rings. The molecule has 0 atom stereocenters. The van der Waals surface area contributed by atoms with Crippen LogP contribution in [0, 0.1) is 5.82 Å². The van der Waals surface area contributed by atoms with Crippen molar-refractivity contribution in [2.24, 2.45) is 0 Å². The predicted molar refractivity (Wildman–Crippen MR) is 72.8 cm³/mol. The highest BCUT2D eigenvalue weighted by molar-refractivity contribution is 7.80. The average Bonchev–Trinajstić information content (AvgIpc) is 2.38. The number of halogens is 1. The molecular weight excluding hydrogens is 249 g/mol. The highest BCUT2D eigenvalue weighted by atomic mass is 32.1. The van der Waals surface area contributed by atoms with Crippen molar-refractivity contribution in [2.45, 2.75) is 4.90 Å². The molecule has 92 valence electrons. The number of anilines is 1. The van der Waals surface area contributed by atoms with Gasteiger partial charge in [-0.25, -0.2) is 4.39 Å². The minimum absolute atomic E-state index is 0.0648. The van der Waals surface area contributed by atoms with Crippen molar-refractivity contribution in [3.8, 4) is 0 Å². The summed E-state index contributed by atoms with van der Waals surface area (Å²) in [5, 5.41) is 0. The van der Waals surface area contributed by atoms with E-state index in [1.807, 2.05) is 0 Å². The van der Waals surface area contributed by atoms with Crippen LogP contribution in [0.5, 0.6) is 0 Å². The third-order valence-corrected chi connectivity index (χ3v) is 2.94. The van der Waals surface area contributed by atoms with E-state index in [1.165, 1.54) is 17.0 Å². The molecule has 2 aromatic carbocycles. The van der Waals surface area contributed by atoms with Gasteiger partial charge < -0.3 is 4.90 Å². The monoisotopic (exact) mass is 261 g/mol. The van der Waals surface area contributed by atoms with Gasteiger partial charge in [0.05, 0.1) is 5.56 Å². The van der Waals surface area contributed by atoms with Crippen LogP contribution in [0.15, 0.2) is 53.4 Å². The predicted octanol–water partition coefficient (Wildman–Crippen LogP) is 3.39. The van der Waals surface area contributed by atoms with Gasteiger partial charge in [-0.1, -0.05) is 12.1 Å². The number of hydrogen-bond donors (Lipinski definition) is 1. The molecule has 1 amide bonds. The summed E-state index contributed by atoms with van der Waals surface area (Å²) in [6.07, 6.45) is 0. The second kappa shape index (κ2) is 5.23. The van der Waals surface area contributed by atoms with Crippen molar-refractivity contribution in [1.82, 2.24) is 0 Å². The molecule has 2 nitrogen and oxygen atoms in total. The molecular formula is C14H12FNOS. The highest BCUT2D eigenvalue weighted by Gasteiger charge is 2.16. The maximum absolute atomic E-state index is 13.5. The summed E-state index contributed by atoms with van der Waals surface area (Å²) in [5.74, 6) is -0.889. The van der Waals surface area contributed by atoms with Crippen LogP contribution in [0.4, 0.5) is 10.1 Å². The van der Waals surface area contributed by atoms with Crippen LogP contribution >= 0.6 is 12.6 Å². The highest BCUT2D eigenvalue weighted by Crippen LogP contribution is 2.19. The number of hydrogen-bond acceptors (Lipinski definition) is 2. The van der Waals surface area contributed by atoms with Gasteiger partial charge in [0, 0.05) is 17.6 Å². The van der Waals surface area contributed by atoms with E-state index in [2.05, 4.69) is 12.6 Å². The Bertz CT molecular complexity index is 568. The van der Waals surface area contributed by atoms with Crippen LogP contribution in [0.3, 0.4) is 0 Å². The van der Waals surface area contributed by atoms with E-state index >= 15 is 0 Å². The van der Waals surface area contributed by atoms with Gasteiger partial charge >= 0.3 is 0 Å². The lowest BCUT2D eigenvalue weighted by atomic mass is 10.2. The van der Waals surface area contributed by atoms with Crippen LogP contribution < -0.4 is 4.90 Å². The van der Waals surface area contributed by atoms with E-state index < -0.39 is 5.82 Å². The summed E-state index contributed by atoms with van der Waals surface area (Å²) < 4.78 is 13.5. The molecule has 0 aliphatic carbocycles. The van der Waals surface area contributed by atoms with E-state index in [0.29, 0.717) is 5.69 Å². The maximum Gasteiger partial charge on any atom is 0.260 e. The summed E-state index contributed by atoms with van der Waals surface area (Å²) in [6.45, 7) is 0. The van der Waals surface area contributed by atoms with Crippen molar-refractivity contribution in [1.29, 1.82) is 0 Å². The number of carbonyl (C=O) groups excluding carboxylic acids is 1. The topological polar surface area (TPSA) is 20.3 Å². The van der Waals surface area contributed by atoms with Gasteiger partial charge in [-0.3, -0.25) is 4.79 Å². The standard InChI is InChI=1S/C14H12FNOS/c1-16(10-6-8-11(18)9-7-10)14(17)12-4-2-3-5-13(12)15/h2-9,18H,1H3. The van der Waals surface area contributed by atoms with Gasteiger partial charge in [-0.2, -0.15) is 0 Å². The first-order chi connectivity index (χ1) is 8.59. The van der Waals surface area contributed by atoms with E-state index in [0.717, 1.165) is 4.90 Å². The fourth-order valence-corrected chi connectivity index (χ4v) is 1.76. The number of benzene rings is 2. The molecule has 0 spiro atoms. The van der Waals surface area contributed by atoms with Gasteiger partial charge in [-0.15, -0.1) is 12.6 Å². The second-order valence-corrected chi connectivity index (χ2v) is 4.38. The van der Waals surface area contributed by atoms with Crippen molar-refractivity contribution in [3.63, 3.8) is 0 Å². The Morgan fingerprint density at radius 3 is 2.33 bits per heavy atom. The number of carbonyl (C=O) groups is 1. The first-order valence-corrected chi connectivity index (χ1v) is 5.86.